The molecule has 2 aromatic carbocycles. The molecular formula is C31H46Cl2FN3O2. The molecule has 0 amide bonds. The van der Waals surface area contributed by atoms with Crippen molar-refractivity contribution in [2.45, 2.75) is 82.8 Å². The van der Waals surface area contributed by atoms with E-state index >= 15 is 0 Å². The monoisotopic (exact) mass is 581 g/mol. The second kappa shape index (κ2) is 15.3. The predicted molar refractivity (Wildman–Crippen MR) is 163 cm³/mol. The number of rotatable bonds is 13. The number of ether oxygens (including phenoxy) is 1. The number of benzene rings is 2. The van der Waals surface area contributed by atoms with Crippen LogP contribution >= 0.6 is 24.8 Å². The Morgan fingerprint density at radius 2 is 1.79 bits per heavy atom. The lowest BCUT2D eigenvalue weighted by molar-refractivity contribution is -0.140. The molecule has 3 atom stereocenters. The Hall–Kier alpha value is -1.70. The number of para-hydroxylation sites is 2. The summed E-state index contributed by atoms with van der Waals surface area (Å²) in [4.78, 5) is 10.5. The van der Waals surface area contributed by atoms with E-state index in [2.05, 4.69) is 47.9 Å². The number of aryl methyl sites for hydroxylation is 1. The fourth-order valence-electron chi connectivity index (χ4n) is 6.32. The highest BCUT2D eigenvalue weighted by molar-refractivity contribution is 5.85. The third kappa shape index (κ3) is 7.95. The number of hydrogen-bond donors (Lipinski definition) is 2. The van der Waals surface area contributed by atoms with Gasteiger partial charge in [-0.15, -0.1) is 24.8 Å². The number of unbranched alkanes of at least 4 members (excludes halogenated alkanes) is 4. The van der Waals surface area contributed by atoms with E-state index in [0.29, 0.717) is 6.42 Å². The molecule has 1 unspecified atom stereocenters. The Morgan fingerprint density at radius 1 is 1.08 bits per heavy atom. The zero-order valence-electron chi connectivity index (χ0n) is 23.8. The van der Waals surface area contributed by atoms with Crippen molar-refractivity contribution in [3.8, 4) is 0 Å². The summed E-state index contributed by atoms with van der Waals surface area (Å²) in [5.41, 5.74) is 3.54. The summed E-state index contributed by atoms with van der Waals surface area (Å²) >= 11 is 0. The molecule has 1 heterocycles. The molecule has 0 spiro atoms. The number of imidazole rings is 1. The maximum atomic E-state index is 13.9. The second-order valence-corrected chi connectivity index (χ2v) is 11.2. The minimum absolute atomic E-state index is 0. The van der Waals surface area contributed by atoms with E-state index in [1.165, 1.54) is 31.7 Å². The molecule has 0 fully saturated rings. The van der Waals surface area contributed by atoms with Crippen molar-refractivity contribution >= 4 is 35.8 Å². The molecule has 1 aromatic heterocycles. The van der Waals surface area contributed by atoms with Crippen molar-refractivity contribution in [2.75, 3.05) is 27.2 Å². The van der Waals surface area contributed by atoms with Crippen LogP contribution < -0.4 is 0 Å². The van der Waals surface area contributed by atoms with E-state index in [1.807, 2.05) is 18.2 Å². The van der Waals surface area contributed by atoms with Gasteiger partial charge >= 0.3 is 0 Å². The first-order chi connectivity index (χ1) is 17.8. The molecule has 5 nitrogen and oxygen atoms in total. The molecular weight excluding hydrogens is 536 g/mol. The number of halogens is 3. The van der Waals surface area contributed by atoms with Gasteiger partial charge in [-0.1, -0.05) is 51.3 Å². The van der Waals surface area contributed by atoms with Gasteiger partial charge in [0.05, 0.1) is 17.1 Å². The number of aliphatic hydroxyl groups is 1. The molecule has 3 aromatic rings. The topological polar surface area (TPSA) is 61.4 Å². The van der Waals surface area contributed by atoms with Crippen LogP contribution in [0.25, 0.3) is 11.0 Å². The highest BCUT2D eigenvalue weighted by atomic mass is 35.5. The minimum atomic E-state index is -0.663. The Morgan fingerprint density at radius 3 is 2.51 bits per heavy atom. The predicted octanol–water partition coefficient (Wildman–Crippen LogP) is 7.10. The summed E-state index contributed by atoms with van der Waals surface area (Å²) in [6.07, 6.45) is 7.52. The molecule has 0 saturated heterocycles. The lowest BCUT2D eigenvalue weighted by Gasteiger charge is -2.49. The number of nitrogens with one attached hydrogen (secondary N) is 1. The van der Waals surface area contributed by atoms with Crippen molar-refractivity contribution in [1.82, 2.24) is 14.9 Å². The largest absolute Gasteiger partial charge is 0.390 e. The van der Waals surface area contributed by atoms with E-state index in [1.54, 1.807) is 13.2 Å². The van der Waals surface area contributed by atoms with E-state index in [0.717, 1.165) is 60.3 Å². The first-order valence-electron chi connectivity index (χ1n) is 14.0. The zero-order chi connectivity index (χ0) is 26.4. The summed E-state index contributed by atoms with van der Waals surface area (Å²) in [5, 5.41) is 11.2. The Kier molecular flexibility index (Phi) is 13.2. The first-order valence-corrected chi connectivity index (χ1v) is 14.0. The number of aromatic amines is 1. The normalized spacial score (nSPS) is 20.6. The van der Waals surface area contributed by atoms with Gasteiger partial charge in [-0.3, -0.25) is 0 Å². The first kappa shape index (κ1) is 33.5. The smallest absolute Gasteiger partial charge is 0.123 e. The van der Waals surface area contributed by atoms with Crippen molar-refractivity contribution in [3.05, 3.63) is 65.2 Å². The van der Waals surface area contributed by atoms with Crippen LogP contribution in [0.4, 0.5) is 4.39 Å². The van der Waals surface area contributed by atoms with Crippen LogP contribution in [0.15, 0.2) is 42.5 Å². The van der Waals surface area contributed by atoms with E-state index in [4.69, 9.17) is 4.74 Å². The van der Waals surface area contributed by atoms with Gasteiger partial charge in [-0.2, -0.15) is 0 Å². The number of aromatic nitrogens is 2. The molecule has 0 bridgehead atoms. The number of methoxy groups -OCH3 is 1. The fraction of sp³-hybridized carbons (Fsp3) is 0.581. The number of H-pyrrole nitrogens is 1. The van der Waals surface area contributed by atoms with Gasteiger partial charge < -0.3 is 19.7 Å². The van der Waals surface area contributed by atoms with Crippen LogP contribution in [0.5, 0.6) is 0 Å². The van der Waals surface area contributed by atoms with Gasteiger partial charge in [0, 0.05) is 32.4 Å². The van der Waals surface area contributed by atoms with Gasteiger partial charge in [-0.05, 0) is 74.2 Å². The van der Waals surface area contributed by atoms with Crippen LogP contribution in [0.1, 0.15) is 75.2 Å². The molecule has 39 heavy (non-hydrogen) atoms. The molecule has 0 saturated carbocycles. The van der Waals surface area contributed by atoms with Crippen molar-refractivity contribution < 1.29 is 14.2 Å². The van der Waals surface area contributed by atoms with Gasteiger partial charge in [0.2, 0.25) is 0 Å². The average molecular weight is 583 g/mol. The fourth-order valence-corrected chi connectivity index (χ4v) is 6.32. The van der Waals surface area contributed by atoms with Crippen LogP contribution in [0, 0.1) is 11.7 Å². The van der Waals surface area contributed by atoms with Crippen LogP contribution in [-0.4, -0.2) is 58.9 Å². The summed E-state index contributed by atoms with van der Waals surface area (Å²) in [6, 6.07) is 13.2. The number of fused-ring (bicyclic) bond motifs is 2. The number of hydrogen-bond acceptors (Lipinski definition) is 4. The summed E-state index contributed by atoms with van der Waals surface area (Å²) in [5.74, 6) is 1.14. The van der Waals surface area contributed by atoms with Crippen molar-refractivity contribution in [3.63, 3.8) is 0 Å². The van der Waals surface area contributed by atoms with Gasteiger partial charge in [0.25, 0.3) is 0 Å². The van der Waals surface area contributed by atoms with Crippen LogP contribution in [0.2, 0.25) is 0 Å². The molecule has 218 valence electrons. The average Bonchev–Trinajstić information content (AvgIpc) is 3.29. The Labute approximate surface area is 245 Å². The third-order valence-electron chi connectivity index (χ3n) is 8.27. The van der Waals surface area contributed by atoms with E-state index in [9.17, 15) is 9.50 Å². The second-order valence-electron chi connectivity index (χ2n) is 11.2. The lowest BCUT2D eigenvalue weighted by atomic mass is 9.64. The SMILES string of the molecule is CO[C@]1(CCN(C)CCCCCCCc2nc3ccccc3[nH]2)C(O)Cc2cc(F)ccc2[C@@H]1C(C)C.Cl.Cl. The quantitative estimate of drug-likeness (QED) is 0.211. The van der Waals surface area contributed by atoms with Crippen LogP contribution in [0.3, 0.4) is 0 Å². The lowest BCUT2D eigenvalue weighted by Crippen LogP contribution is -2.56. The minimum Gasteiger partial charge on any atom is -0.390 e. The van der Waals surface area contributed by atoms with E-state index < -0.39 is 11.7 Å². The van der Waals surface area contributed by atoms with Gasteiger partial charge in [0.1, 0.15) is 17.2 Å². The zero-order valence-corrected chi connectivity index (χ0v) is 25.4. The summed E-state index contributed by atoms with van der Waals surface area (Å²) in [7, 11) is 3.88. The number of nitrogens with zero attached hydrogens (tertiary/aromatic N) is 2. The molecule has 1 aliphatic rings. The van der Waals surface area contributed by atoms with Crippen LogP contribution in [-0.2, 0) is 17.6 Å². The summed E-state index contributed by atoms with van der Waals surface area (Å²) < 4.78 is 20.0. The molecule has 0 aliphatic heterocycles. The summed E-state index contributed by atoms with van der Waals surface area (Å²) in [6.45, 7) is 6.23. The standard InChI is InChI=1S/C31H44FN3O2.2ClH/c1-22(2)30-25-16-15-24(32)20-23(25)21-28(36)31(30,37-4)17-19-35(3)18-11-7-5-6-8-14-29-33-26-12-9-10-13-27(26)34-29;;/h9-10,12-13,15-16,20,22,28,30,36H,5-8,11,14,17-19,21H2,1-4H3,(H,33,34);2*1H/t28?,30-,31+;;/m0../s1. The third-order valence-corrected chi connectivity index (χ3v) is 8.27. The molecule has 8 heteroatoms. The Balaban J connectivity index is 0.00000267. The molecule has 1 aliphatic carbocycles. The van der Waals surface area contributed by atoms with Gasteiger partial charge in [-0.25, -0.2) is 9.37 Å². The Bertz CT molecular complexity index is 1120. The maximum Gasteiger partial charge on any atom is 0.123 e. The van der Waals surface area contributed by atoms with E-state index in [-0.39, 0.29) is 42.5 Å². The highest BCUT2D eigenvalue weighted by Gasteiger charge is 2.50. The maximum absolute atomic E-state index is 13.9. The number of aliphatic hydroxyl groups excluding tert-OH is 1. The molecule has 0 radical (unpaired) electrons. The van der Waals surface area contributed by atoms with Gasteiger partial charge in [0.15, 0.2) is 0 Å². The highest BCUT2D eigenvalue weighted by Crippen LogP contribution is 2.47. The van der Waals surface area contributed by atoms with Crippen molar-refractivity contribution in [2.24, 2.45) is 5.92 Å². The van der Waals surface area contributed by atoms with Crippen molar-refractivity contribution in [1.29, 1.82) is 0 Å². The molecule has 2 N–H and O–H groups in total. The molecule has 4 rings (SSSR count).